The van der Waals surface area contributed by atoms with E-state index in [0.29, 0.717) is 0 Å². The summed E-state index contributed by atoms with van der Waals surface area (Å²) in [6, 6.07) is 0.730. The van der Waals surface area contributed by atoms with Gasteiger partial charge in [-0.25, -0.2) is 4.98 Å². The molecule has 1 N–H and O–H groups in total. The fourth-order valence-electron chi connectivity index (χ4n) is 2.70. The van der Waals surface area contributed by atoms with Crippen molar-refractivity contribution in [2.45, 2.75) is 25.4 Å². The molecule has 3 heterocycles. The molecule has 15 heavy (non-hydrogen) atoms. The summed E-state index contributed by atoms with van der Waals surface area (Å²) < 4.78 is 2.32. The van der Waals surface area contributed by atoms with Crippen LogP contribution in [0, 0.1) is 0 Å². The molecule has 2 aliphatic rings. The summed E-state index contributed by atoms with van der Waals surface area (Å²) in [4.78, 5) is 6.84. The fraction of sp³-hybridized carbons (Fsp3) is 0.727. The Balaban J connectivity index is 1.69. The summed E-state index contributed by atoms with van der Waals surface area (Å²) in [7, 11) is 0. The molecule has 0 amide bonds. The van der Waals surface area contributed by atoms with Crippen molar-refractivity contribution in [2.75, 3.05) is 26.2 Å². The molecule has 0 radical (unpaired) electrons. The molecule has 82 valence electrons. The van der Waals surface area contributed by atoms with E-state index in [0.717, 1.165) is 25.7 Å². The smallest absolute Gasteiger partial charge is 0.0948 e. The number of nitrogens with one attached hydrogen (secondary N) is 1. The molecule has 0 saturated carbocycles. The zero-order valence-electron chi connectivity index (χ0n) is 9.02. The molecule has 0 aliphatic carbocycles. The number of hydrogen-bond donors (Lipinski definition) is 1. The van der Waals surface area contributed by atoms with Crippen LogP contribution in [-0.4, -0.2) is 46.7 Å². The molecule has 0 aromatic carbocycles. The van der Waals surface area contributed by atoms with Crippen LogP contribution < -0.4 is 5.32 Å². The van der Waals surface area contributed by atoms with E-state index in [2.05, 4.69) is 19.8 Å². The predicted molar refractivity (Wildman–Crippen MR) is 58.8 cm³/mol. The number of rotatable bonds is 1. The van der Waals surface area contributed by atoms with Gasteiger partial charge in [0.25, 0.3) is 0 Å². The summed E-state index contributed by atoms with van der Waals surface area (Å²) in [6.45, 7) is 5.83. The summed E-state index contributed by atoms with van der Waals surface area (Å²) in [5, 5.41) is 3.41. The van der Waals surface area contributed by atoms with Gasteiger partial charge < -0.3 is 9.88 Å². The number of aromatic nitrogens is 2. The van der Waals surface area contributed by atoms with Crippen molar-refractivity contribution >= 4 is 0 Å². The molecule has 1 fully saturated rings. The average Bonchev–Trinajstić information content (AvgIpc) is 2.77. The molecule has 0 spiro atoms. The van der Waals surface area contributed by atoms with Gasteiger partial charge >= 0.3 is 0 Å². The quantitative estimate of drug-likeness (QED) is 0.707. The van der Waals surface area contributed by atoms with Crippen molar-refractivity contribution in [2.24, 2.45) is 0 Å². The van der Waals surface area contributed by atoms with Crippen LogP contribution in [0.5, 0.6) is 0 Å². The van der Waals surface area contributed by atoms with Crippen molar-refractivity contribution in [3.63, 3.8) is 0 Å². The summed E-state index contributed by atoms with van der Waals surface area (Å²) >= 11 is 0. The summed E-state index contributed by atoms with van der Waals surface area (Å²) in [5.74, 6) is 0. The predicted octanol–water partition coefficient (Wildman–Crippen LogP) is 0.103. The number of nitrogens with zero attached hydrogens (tertiary/aromatic N) is 3. The molecule has 1 aromatic heterocycles. The Morgan fingerprint density at radius 1 is 1.33 bits per heavy atom. The SMILES string of the molecule is c1ncn2c1CCC(N1CCNCC1)C2. The molecule has 0 bridgehead atoms. The van der Waals surface area contributed by atoms with Gasteiger partial charge in [0.05, 0.1) is 6.33 Å². The van der Waals surface area contributed by atoms with Crippen LogP contribution in [0.2, 0.25) is 0 Å². The van der Waals surface area contributed by atoms with Gasteiger partial charge in [0.15, 0.2) is 0 Å². The van der Waals surface area contributed by atoms with Crippen LogP contribution in [0.15, 0.2) is 12.5 Å². The van der Waals surface area contributed by atoms with E-state index in [-0.39, 0.29) is 0 Å². The zero-order valence-corrected chi connectivity index (χ0v) is 9.02. The van der Waals surface area contributed by atoms with Gasteiger partial charge in [-0.1, -0.05) is 0 Å². The monoisotopic (exact) mass is 206 g/mol. The van der Waals surface area contributed by atoms with Gasteiger partial charge in [0.1, 0.15) is 0 Å². The Hall–Kier alpha value is -0.870. The highest BCUT2D eigenvalue weighted by Crippen LogP contribution is 2.18. The lowest BCUT2D eigenvalue weighted by molar-refractivity contribution is 0.140. The molecule has 1 atom stereocenters. The number of imidazole rings is 1. The normalized spacial score (nSPS) is 27.6. The van der Waals surface area contributed by atoms with Crippen LogP contribution >= 0.6 is 0 Å². The number of hydrogen-bond acceptors (Lipinski definition) is 3. The van der Waals surface area contributed by atoms with E-state index < -0.39 is 0 Å². The molecular weight excluding hydrogens is 188 g/mol. The van der Waals surface area contributed by atoms with Crippen LogP contribution in [0.25, 0.3) is 0 Å². The fourth-order valence-corrected chi connectivity index (χ4v) is 2.70. The standard InChI is InChI=1S/C11H18N4/c1-2-11(14-5-3-12-4-6-14)8-15-9-13-7-10(1)15/h7,9,11-12H,1-6,8H2. The zero-order chi connectivity index (χ0) is 10.1. The van der Waals surface area contributed by atoms with Crippen molar-refractivity contribution in [1.82, 2.24) is 19.8 Å². The molecule has 3 rings (SSSR count). The van der Waals surface area contributed by atoms with E-state index >= 15 is 0 Å². The van der Waals surface area contributed by atoms with Gasteiger partial charge in [-0.2, -0.15) is 0 Å². The Labute approximate surface area is 90.3 Å². The molecular formula is C11H18N4. The minimum Gasteiger partial charge on any atom is -0.333 e. The van der Waals surface area contributed by atoms with E-state index in [9.17, 15) is 0 Å². The number of piperazine rings is 1. The highest BCUT2D eigenvalue weighted by atomic mass is 15.2. The molecule has 4 nitrogen and oxygen atoms in total. The van der Waals surface area contributed by atoms with Crippen molar-refractivity contribution < 1.29 is 0 Å². The second kappa shape index (κ2) is 3.94. The molecule has 1 unspecified atom stereocenters. The third-order valence-corrected chi connectivity index (χ3v) is 3.61. The first-order valence-electron chi connectivity index (χ1n) is 5.87. The van der Waals surface area contributed by atoms with E-state index in [1.165, 1.54) is 31.6 Å². The molecule has 2 aliphatic heterocycles. The van der Waals surface area contributed by atoms with Crippen molar-refractivity contribution in [3.8, 4) is 0 Å². The lowest BCUT2D eigenvalue weighted by atomic mass is 10.0. The first-order chi connectivity index (χ1) is 7.43. The van der Waals surface area contributed by atoms with Crippen molar-refractivity contribution in [1.29, 1.82) is 0 Å². The summed E-state index contributed by atoms with van der Waals surface area (Å²) in [5.41, 5.74) is 1.40. The van der Waals surface area contributed by atoms with Crippen molar-refractivity contribution in [3.05, 3.63) is 18.2 Å². The molecule has 4 heteroatoms. The minimum atomic E-state index is 0.730. The lowest BCUT2D eigenvalue weighted by Crippen LogP contribution is -2.50. The largest absolute Gasteiger partial charge is 0.333 e. The Morgan fingerprint density at radius 2 is 2.20 bits per heavy atom. The molecule has 1 aromatic rings. The number of fused-ring (bicyclic) bond motifs is 1. The van der Waals surface area contributed by atoms with Crippen LogP contribution in [0.4, 0.5) is 0 Å². The first kappa shape index (κ1) is 9.36. The third-order valence-electron chi connectivity index (χ3n) is 3.61. The van der Waals surface area contributed by atoms with Crippen LogP contribution in [0.1, 0.15) is 12.1 Å². The van der Waals surface area contributed by atoms with E-state index in [4.69, 9.17) is 0 Å². The number of aryl methyl sites for hydroxylation is 1. The molecule has 1 saturated heterocycles. The van der Waals surface area contributed by atoms with E-state index in [1.54, 1.807) is 0 Å². The minimum absolute atomic E-state index is 0.730. The maximum Gasteiger partial charge on any atom is 0.0948 e. The average molecular weight is 206 g/mol. The third kappa shape index (κ3) is 1.79. The Bertz CT molecular complexity index is 327. The highest BCUT2D eigenvalue weighted by molar-refractivity contribution is 5.03. The van der Waals surface area contributed by atoms with Crippen LogP contribution in [0.3, 0.4) is 0 Å². The van der Waals surface area contributed by atoms with Gasteiger partial charge in [-0.15, -0.1) is 0 Å². The second-order valence-electron chi connectivity index (χ2n) is 4.52. The van der Waals surface area contributed by atoms with Crippen LogP contribution in [-0.2, 0) is 13.0 Å². The maximum absolute atomic E-state index is 4.22. The van der Waals surface area contributed by atoms with Gasteiger partial charge in [-0.3, -0.25) is 4.90 Å². The second-order valence-corrected chi connectivity index (χ2v) is 4.52. The maximum atomic E-state index is 4.22. The highest BCUT2D eigenvalue weighted by Gasteiger charge is 2.24. The topological polar surface area (TPSA) is 33.1 Å². The van der Waals surface area contributed by atoms with Gasteiger partial charge in [-0.05, 0) is 12.8 Å². The first-order valence-corrected chi connectivity index (χ1v) is 5.87. The Kier molecular flexibility index (Phi) is 2.46. The summed E-state index contributed by atoms with van der Waals surface area (Å²) in [6.07, 6.45) is 6.47. The lowest BCUT2D eigenvalue weighted by Gasteiger charge is -2.37. The Morgan fingerprint density at radius 3 is 3.07 bits per heavy atom. The van der Waals surface area contributed by atoms with Gasteiger partial charge in [0.2, 0.25) is 0 Å². The van der Waals surface area contributed by atoms with E-state index in [1.807, 2.05) is 12.5 Å². The van der Waals surface area contributed by atoms with Gasteiger partial charge in [0, 0.05) is 50.7 Å².